The molecule has 180 valence electrons. The SMILES string of the molecule is Cc1ccc(C(CCC=O)[Si](C)(O[Si](C)(C)C)C(CCC=O)c2ccc(C)c(C)c2)cc1C. The normalized spacial score (nSPS) is 15.5. The summed E-state index contributed by atoms with van der Waals surface area (Å²) in [6.07, 6.45) is 4.66. The Bertz CT molecular complexity index is 895. The Morgan fingerprint density at radius 3 is 1.39 bits per heavy atom. The second-order valence-electron chi connectivity index (χ2n) is 10.7. The van der Waals surface area contributed by atoms with E-state index in [1.807, 2.05) is 0 Å². The average molecular weight is 483 g/mol. The van der Waals surface area contributed by atoms with Gasteiger partial charge >= 0.3 is 0 Å². The third-order valence-electron chi connectivity index (χ3n) is 6.92. The molecule has 33 heavy (non-hydrogen) atoms. The minimum atomic E-state index is -2.54. The summed E-state index contributed by atoms with van der Waals surface area (Å²) in [7, 11) is -4.46. The topological polar surface area (TPSA) is 43.4 Å². The Kier molecular flexibility index (Phi) is 9.59. The van der Waals surface area contributed by atoms with Crippen LogP contribution in [0.25, 0.3) is 0 Å². The van der Waals surface area contributed by atoms with E-state index in [1.54, 1.807) is 0 Å². The van der Waals surface area contributed by atoms with Crippen molar-refractivity contribution in [1.82, 2.24) is 0 Å². The molecular weight excluding hydrogens is 440 g/mol. The molecule has 0 radical (unpaired) electrons. The van der Waals surface area contributed by atoms with E-state index in [0.717, 1.165) is 25.4 Å². The van der Waals surface area contributed by atoms with Crippen LogP contribution >= 0.6 is 0 Å². The largest absolute Gasteiger partial charge is 0.455 e. The van der Waals surface area contributed by atoms with Gasteiger partial charge < -0.3 is 13.7 Å². The van der Waals surface area contributed by atoms with Crippen LogP contribution in [-0.4, -0.2) is 29.2 Å². The quantitative estimate of drug-likeness (QED) is 0.236. The van der Waals surface area contributed by atoms with Crippen LogP contribution in [0.15, 0.2) is 36.4 Å². The Hall–Kier alpha value is -1.83. The molecule has 3 nitrogen and oxygen atoms in total. The average Bonchev–Trinajstić information content (AvgIpc) is 2.72. The molecule has 0 N–H and O–H groups in total. The van der Waals surface area contributed by atoms with Crippen LogP contribution in [0.1, 0.15) is 70.1 Å². The van der Waals surface area contributed by atoms with Gasteiger partial charge in [0.05, 0.1) is 0 Å². The lowest BCUT2D eigenvalue weighted by Gasteiger charge is -2.46. The molecular formula is C28H42O3Si2. The number of hydrogen-bond acceptors (Lipinski definition) is 3. The highest BCUT2D eigenvalue weighted by molar-refractivity contribution is 6.86. The van der Waals surface area contributed by atoms with E-state index in [4.69, 9.17) is 4.12 Å². The number of aryl methyl sites for hydroxylation is 4. The second-order valence-corrected chi connectivity index (χ2v) is 19.5. The summed E-state index contributed by atoms with van der Waals surface area (Å²) in [5, 5.41) is 0. The highest BCUT2D eigenvalue weighted by Crippen LogP contribution is 2.45. The molecule has 0 aromatic heterocycles. The summed E-state index contributed by atoms with van der Waals surface area (Å²) in [6.45, 7) is 17.7. The monoisotopic (exact) mass is 482 g/mol. The number of benzene rings is 2. The van der Waals surface area contributed by atoms with Crippen molar-refractivity contribution < 1.29 is 13.7 Å². The van der Waals surface area contributed by atoms with Gasteiger partial charge in [-0.05, 0) is 100 Å². The van der Waals surface area contributed by atoms with E-state index in [-0.39, 0.29) is 11.1 Å². The molecule has 2 aromatic rings. The molecule has 0 saturated carbocycles. The minimum Gasteiger partial charge on any atom is -0.455 e. The van der Waals surface area contributed by atoms with Crippen molar-refractivity contribution in [3.8, 4) is 0 Å². The van der Waals surface area contributed by atoms with Crippen molar-refractivity contribution in [3.63, 3.8) is 0 Å². The first-order chi connectivity index (χ1) is 15.4. The van der Waals surface area contributed by atoms with Gasteiger partial charge in [-0.3, -0.25) is 0 Å². The number of aldehydes is 2. The first kappa shape index (κ1) is 27.4. The molecule has 2 atom stereocenters. The van der Waals surface area contributed by atoms with Crippen molar-refractivity contribution in [2.45, 2.75) is 90.6 Å². The molecule has 5 heteroatoms. The van der Waals surface area contributed by atoms with Gasteiger partial charge in [-0.25, -0.2) is 0 Å². The lowest BCUT2D eigenvalue weighted by molar-refractivity contribution is -0.108. The van der Waals surface area contributed by atoms with E-state index in [9.17, 15) is 9.59 Å². The van der Waals surface area contributed by atoms with Gasteiger partial charge in [-0.15, -0.1) is 0 Å². The maximum Gasteiger partial charge on any atom is 0.191 e. The minimum absolute atomic E-state index is 0.173. The smallest absolute Gasteiger partial charge is 0.191 e. The van der Waals surface area contributed by atoms with E-state index in [1.165, 1.54) is 33.4 Å². The zero-order chi connectivity index (χ0) is 24.8. The Morgan fingerprint density at radius 2 is 1.09 bits per heavy atom. The summed E-state index contributed by atoms with van der Waals surface area (Å²) in [5.41, 5.74) is 7.97. The van der Waals surface area contributed by atoms with Crippen LogP contribution in [0.2, 0.25) is 26.2 Å². The van der Waals surface area contributed by atoms with Crippen molar-refractivity contribution in [3.05, 3.63) is 69.8 Å². The lowest BCUT2D eigenvalue weighted by atomic mass is 10.0. The van der Waals surface area contributed by atoms with Gasteiger partial charge in [0.15, 0.2) is 16.6 Å². The first-order valence-corrected chi connectivity index (χ1v) is 18.1. The third-order valence-corrected chi connectivity index (χ3v) is 15.1. The molecule has 0 aliphatic rings. The summed E-state index contributed by atoms with van der Waals surface area (Å²) in [6, 6.07) is 13.4. The standard InChI is InChI=1S/C28H42O3Si2/c1-21-13-15-25(19-23(21)3)27(11-9-17-29)33(8,31-32(5,6)7)28(12-10-18-30)26-16-14-22(2)24(4)20-26/h13-20,27-28H,9-12H2,1-8H3. The van der Waals surface area contributed by atoms with E-state index < -0.39 is 16.6 Å². The van der Waals surface area contributed by atoms with E-state index in [2.05, 4.69) is 90.3 Å². The molecule has 0 saturated heterocycles. The number of carbonyl (C=O) groups excluding carboxylic acids is 2. The third kappa shape index (κ3) is 7.08. The van der Waals surface area contributed by atoms with Crippen molar-refractivity contribution in [1.29, 1.82) is 0 Å². The maximum atomic E-state index is 11.5. The van der Waals surface area contributed by atoms with Gasteiger partial charge in [0, 0.05) is 23.9 Å². The van der Waals surface area contributed by atoms with E-state index >= 15 is 0 Å². The first-order valence-electron chi connectivity index (χ1n) is 12.1. The Balaban J connectivity index is 2.76. The van der Waals surface area contributed by atoms with Crippen LogP contribution < -0.4 is 0 Å². The van der Waals surface area contributed by atoms with Crippen LogP contribution in [0.3, 0.4) is 0 Å². The van der Waals surface area contributed by atoms with Gasteiger partial charge in [0.1, 0.15) is 12.6 Å². The molecule has 0 amide bonds. The zero-order valence-electron chi connectivity index (χ0n) is 21.8. The lowest BCUT2D eigenvalue weighted by Crippen LogP contribution is -2.54. The fraction of sp³-hybridized carbons (Fsp3) is 0.500. The molecule has 2 unspecified atom stereocenters. The fourth-order valence-electron chi connectivity index (χ4n) is 5.05. The molecule has 0 bridgehead atoms. The van der Waals surface area contributed by atoms with Gasteiger partial charge in [-0.1, -0.05) is 36.4 Å². The summed E-state index contributed by atoms with van der Waals surface area (Å²) in [4.78, 5) is 23.0. The fourth-order valence-corrected chi connectivity index (χ4v) is 15.1. The number of carbonyl (C=O) groups is 2. The summed E-state index contributed by atoms with van der Waals surface area (Å²) in [5.74, 6) is 0. The van der Waals surface area contributed by atoms with Crippen molar-refractivity contribution in [2.24, 2.45) is 0 Å². The second kappa shape index (κ2) is 11.5. The predicted octanol–water partition coefficient (Wildman–Crippen LogP) is 7.25. The molecule has 0 fully saturated rings. The van der Waals surface area contributed by atoms with Crippen molar-refractivity contribution >= 4 is 29.2 Å². The summed E-state index contributed by atoms with van der Waals surface area (Å²) >= 11 is 0. The van der Waals surface area contributed by atoms with Crippen molar-refractivity contribution in [2.75, 3.05) is 0 Å². The molecule has 2 aromatic carbocycles. The highest BCUT2D eigenvalue weighted by Gasteiger charge is 2.48. The zero-order valence-corrected chi connectivity index (χ0v) is 23.8. The number of rotatable bonds is 12. The van der Waals surface area contributed by atoms with Crippen LogP contribution in [0.4, 0.5) is 0 Å². The maximum absolute atomic E-state index is 11.5. The molecule has 0 aliphatic heterocycles. The van der Waals surface area contributed by atoms with Gasteiger partial charge in [0.2, 0.25) is 0 Å². The predicted molar refractivity (Wildman–Crippen MR) is 144 cm³/mol. The summed E-state index contributed by atoms with van der Waals surface area (Å²) < 4.78 is 7.24. The molecule has 0 spiro atoms. The Morgan fingerprint density at radius 1 is 0.697 bits per heavy atom. The van der Waals surface area contributed by atoms with Crippen LogP contribution in [0.5, 0.6) is 0 Å². The van der Waals surface area contributed by atoms with Crippen LogP contribution in [0, 0.1) is 27.7 Å². The van der Waals surface area contributed by atoms with Crippen LogP contribution in [-0.2, 0) is 13.7 Å². The highest BCUT2D eigenvalue weighted by atomic mass is 28.4. The van der Waals surface area contributed by atoms with E-state index in [0.29, 0.717) is 12.8 Å². The molecule has 0 aliphatic carbocycles. The Labute approximate surface area is 203 Å². The number of hydrogen-bond donors (Lipinski definition) is 0. The molecule has 0 heterocycles. The molecule has 2 rings (SSSR count). The van der Waals surface area contributed by atoms with Gasteiger partial charge in [0.25, 0.3) is 0 Å². The van der Waals surface area contributed by atoms with Gasteiger partial charge in [-0.2, -0.15) is 0 Å².